The number of piperidine rings is 1. The molecule has 1 saturated heterocycles. The fourth-order valence-electron chi connectivity index (χ4n) is 3.65. The van der Waals surface area contributed by atoms with Gasteiger partial charge in [0.15, 0.2) is 5.82 Å². The number of hydrogen-bond acceptors (Lipinski definition) is 5. The molecular weight excluding hydrogens is 419 g/mol. The highest BCUT2D eigenvalue weighted by Gasteiger charge is 2.27. The van der Waals surface area contributed by atoms with Crippen molar-refractivity contribution in [2.75, 3.05) is 30.4 Å². The van der Waals surface area contributed by atoms with E-state index in [2.05, 4.69) is 20.2 Å². The Morgan fingerprint density at radius 3 is 2.77 bits per heavy atom. The van der Waals surface area contributed by atoms with Gasteiger partial charge in [-0.2, -0.15) is 0 Å². The first-order valence-electron chi connectivity index (χ1n) is 10.0. The smallest absolute Gasteiger partial charge is 0.229 e. The SMILES string of the molecule is COc1ccc(NC(=O)[C@@H]2CCCN(c3ccnc(-c4ccc(F)cc4)n3)C2)cc1Cl. The fraction of sp³-hybridized carbons (Fsp3) is 0.261. The molecule has 0 bridgehead atoms. The van der Waals surface area contributed by atoms with Gasteiger partial charge in [-0.3, -0.25) is 4.79 Å². The third-order valence-electron chi connectivity index (χ3n) is 5.28. The van der Waals surface area contributed by atoms with Crippen molar-refractivity contribution in [2.45, 2.75) is 12.8 Å². The number of nitrogens with zero attached hydrogens (tertiary/aromatic N) is 3. The van der Waals surface area contributed by atoms with E-state index in [-0.39, 0.29) is 17.6 Å². The quantitative estimate of drug-likeness (QED) is 0.617. The molecule has 31 heavy (non-hydrogen) atoms. The van der Waals surface area contributed by atoms with Crippen LogP contribution in [0.25, 0.3) is 11.4 Å². The first kappa shape index (κ1) is 21.1. The van der Waals surface area contributed by atoms with Crippen LogP contribution in [0, 0.1) is 11.7 Å². The van der Waals surface area contributed by atoms with Crippen LogP contribution in [-0.4, -0.2) is 36.1 Å². The van der Waals surface area contributed by atoms with E-state index in [0.717, 1.165) is 30.8 Å². The molecule has 1 aliphatic rings. The van der Waals surface area contributed by atoms with E-state index in [0.29, 0.717) is 28.8 Å². The van der Waals surface area contributed by atoms with Crippen molar-refractivity contribution in [3.05, 3.63) is 65.6 Å². The van der Waals surface area contributed by atoms with Gasteiger partial charge in [-0.05, 0) is 61.4 Å². The highest BCUT2D eigenvalue weighted by Crippen LogP contribution is 2.29. The summed E-state index contributed by atoms with van der Waals surface area (Å²) in [4.78, 5) is 23.9. The molecule has 4 rings (SSSR count). The predicted octanol–water partition coefficient (Wildman–Crippen LogP) is 4.80. The van der Waals surface area contributed by atoms with Crippen molar-refractivity contribution in [2.24, 2.45) is 5.92 Å². The number of methoxy groups -OCH3 is 1. The molecule has 6 nitrogen and oxygen atoms in total. The van der Waals surface area contributed by atoms with Gasteiger partial charge in [0.25, 0.3) is 0 Å². The van der Waals surface area contributed by atoms with E-state index in [1.165, 1.54) is 12.1 Å². The molecule has 1 fully saturated rings. The van der Waals surface area contributed by atoms with Crippen LogP contribution >= 0.6 is 11.6 Å². The van der Waals surface area contributed by atoms with Crippen molar-refractivity contribution in [1.82, 2.24) is 9.97 Å². The molecule has 1 amide bonds. The fourth-order valence-corrected chi connectivity index (χ4v) is 3.91. The molecule has 0 radical (unpaired) electrons. The number of halogens is 2. The van der Waals surface area contributed by atoms with E-state index in [1.54, 1.807) is 43.6 Å². The largest absolute Gasteiger partial charge is 0.495 e. The minimum atomic E-state index is -0.303. The van der Waals surface area contributed by atoms with Crippen LogP contribution in [0.1, 0.15) is 12.8 Å². The van der Waals surface area contributed by atoms with Crippen LogP contribution in [0.2, 0.25) is 5.02 Å². The Kier molecular flexibility index (Phi) is 6.32. The highest BCUT2D eigenvalue weighted by atomic mass is 35.5. The molecular formula is C23H22ClFN4O2. The summed E-state index contributed by atoms with van der Waals surface area (Å²) >= 11 is 6.16. The number of benzene rings is 2. The summed E-state index contributed by atoms with van der Waals surface area (Å²) in [6, 6.07) is 13.1. The lowest BCUT2D eigenvalue weighted by molar-refractivity contribution is -0.120. The zero-order chi connectivity index (χ0) is 21.8. The van der Waals surface area contributed by atoms with Crippen LogP contribution in [0.15, 0.2) is 54.7 Å². The minimum Gasteiger partial charge on any atom is -0.495 e. The van der Waals surface area contributed by atoms with Crippen LogP contribution in [0.4, 0.5) is 15.9 Å². The zero-order valence-corrected chi connectivity index (χ0v) is 17.8. The maximum absolute atomic E-state index is 13.2. The average molecular weight is 441 g/mol. The van der Waals surface area contributed by atoms with Crippen LogP contribution in [-0.2, 0) is 4.79 Å². The summed E-state index contributed by atoms with van der Waals surface area (Å²) in [6.07, 6.45) is 3.35. The number of amides is 1. The first-order chi connectivity index (χ1) is 15.0. The Morgan fingerprint density at radius 1 is 1.23 bits per heavy atom. The summed E-state index contributed by atoms with van der Waals surface area (Å²) in [5.74, 6) is 1.29. The monoisotopic (exact) mass is 440 g/mol. The van der Waals surface area contributed by atoms with E-state index in [4.69, 9.17) is 16.3 Å². The number of carbonyl (C=O) groups is 1. The summed E-state index contributed by atoms with van der Waals surface area (Å²) in [6.45, 7) is 1.35. The normalized spacial score (nSPS) is 16.1. The molecule has 3 aromatic rings. The van der Waals surface area contributed by atoms with Gasteiger partial charge in [-0.1, -0.05) is 11.6 Å². The zero-order valence-electron chi connectivity index (χ0n) is 17.0. The second kappa shape index (κ2) is 9.31. The molecule has 1 aliphatic heterocycles. The summed E-state index contributed by atoms with van der Waals surface area (Å²) < 4.78 is 18.4. The molecule has 0 spiro atoms. The lowest BCUT2D eigenvalue weighted by Gasteiger charge is -2.33. The van der Waals surface area contributed by atoms with E-state index < -0.39 is 0 Å². The number of nitrogens with one attached hydrogen (secondary N) is 1. The molecule has 8 heteroatoms. The molecule has 1 atom stereocenters. The Bertz CT molecular complexity index is 1080. The predicted molar refractivity (Wildman–Crippen MR) is 119 cm³/mol. The number of carbonyl (C=O) groups excluding carboxylic acids is 1. The second-order valence-corrected chi connectivity index (χ2v) is 7.78. The topological polar surface area (TPSA) is 67.3 Å². The molecule has 1 N–H and O–H groups in total. The summed E-state index contributed by atoms with van der Waals surface area (Å²) in [5.41, 5.74) is 1.37. The molecule has 2 heterocycles. The number of ether oxygens (including phenoxy) is 1. The molecule has 0 unspecified atom stereocenters. The van der Waals surface area contributed by atoms with E-state index >= 15 is 0 Å². The Morgan fingerprint density at radius 2 is 2.03 bits per heavy atom. The van der Waals surface area contributed by atoms with Gasteiger partial charge < -0.3 is 15.0 Å². The molecule has 160 valence electrons. The summed E-state index contributed by atoms with van der Waals surface area (Å²) in [7, 11) is 1.55. The number of anilines is 2. The van der Waals surface area contributed by atoms with Gasteiger partial charge in [0.2, 0.25) is 5.91 Å². The first-order valence-corrected chi connectivity index (χ1v) is 10.4. The second-order valence-electron chi connectivity index (χ2n) is 7.37. The number of hydrogen-bond donors (Lipinski definition) is 1. The van der Waals surface area contributed by atoms with E-state index in [9.17, 15) is 9.18 Å². The highest BCUT2D eigenvalue weighted by molar-refractivity contribution is 6.32. The lowest BCUT2D eigenvalue weighted by atomic mass is 9.97. The van der Waals surface area contributed by atoms with Crippen LogP contribution < -0.4 is 15.0 Å². The molecule has 2 aromatic carbocycles. The van der Waals surface area contributed by atoms with Gasteiger partial charge in [-0.25, -0.2) is 14.4 Å². The van der Waals surface area contributed by atoms with Gasteiger partial charge in [0.1, 0.15) is 17.4 Å². The Hall–Kier alpha value is -3.19. The maximum Gasteiger partial charge on any atom is 0.229 e. The third-order valence-corrected chi connectivity index (χ3v) is 5.57. The van der Waals surface area contributed by atoms with Crippen molar-refractivity contribution < 1.29 is 13.9 Å². The van der Waals surface area contributed by atoms with Gasteiger partial charge >= 0.3 is 0 Å². The minimum absolute atomic E-state index is 0.0567. The Balaban J connectivity index is 1.46. The van der Waals surface area contributed by atoms with Crippen molar-refractivity contribution in [3.8, 4) is 17.1 Å². The summed E-state index contributed by atoms with van der Waals surface area (Å²) in [5, 5.41) is 3.39. The van der Waals surface area contributed by atoms with Gasteiger partial charge in [0, 0.05) is 30.5 Å². The van der Waals surface area contributed by atoms with Crippen molar-refractivity contribution >= 4 is 29.0 Å². The van der Waals surface area contributed by atoms with Gasteiger partial charge in [0.05, 0.1) is 18.1 Å². The lowest BCUT2D eigenvalue weighted by Crippen LogP contribution is -2.41. The number of rotatable bonds is 5. The van der Waals surface area contributed by atoms with Crippen molar-refractivity contribution in [1.29, 1.82) is 0 Å². The van der Waals surface area contributed by atoms with Crippen molar-refractivity contribution in [3.63, 3.8) is 0 Å². The third kappa shape index (κ3) is 4.94. The maximum atomic E-state index is 13.2. The molecule has 1 aromatic heterocycles. The van der Waals surface area contributed by atoms with E-state index in [1.807, 2.05) is 6.07 Å². The molecule has 0 saturated carbocycles. The molecule has 0 aliphatic carbocycles. The van der Waals surface area contributed by atoms with Gasteiger partial charge in [-0.15, -0.1) is 0 Å². The van der Waals surface area contributed by atoms with Crippen LogP contribution in [0.5, 0.6) is 5.75 Å². The standard InChI is InChI=1S/C23H22ClFN4O2/c1-31-20-9-8-18(13-19(20)24)27-23(30)16-3-2-12-29(14-16)21-10-11-26-22(28-21)15-4-6-17(25)7-5-15/h4-11,13,16H,2-3,12,14H2,1H3,(H,27,30)/t16-/m1/s1. The Labute approximate surface area is 185 Å². The number of aromatic nitrogens is 2. The van der Waals surface area contributed by atoms with Crippen LogP contribution in [0.3, 0.4) is 0 Å². The average Bonchev–Trinajstić information content (AvgIpc) is 2.80.